The molecule has 3 aliphatic rings. The third kappa shape index (κ3) is 3.18. The number of benzene rings is 2. The van der Waals surface area contributed by atoms with Crippen LogP contribution in [0, 0.1) is 17.3 Å². The number of rotatable bonds is 1. The Balaban J connectivity index is 1.58. The first-order chi connectivity index (χ1) is 13.8. The van der Waals surface area contributed by atoms with Crippen molar-refractivity contribution in [2.45, 2.75) is 87.3 Å². The van der Waals surface area contributed by atoms with Gasteiger partial charge >= 0.3 is 0 Å². The Morgan fingerprint density at radius 1 is 0.862 bits per heavy atom. The Kier molecular flexibility index (Phi) is 4.68. The molecule has 0 spiro atoms. The fraction of sp³-hybridized carbons (Fsp3) is 0.556. The molecule has 154 valence electrons. The highest BCUT2D eigenvalue weighted by molar-refractivity contribution is 7.91. The minimum absolute atomic E-state index is 0.0996. The quantitative estimate of drug-likeness (QED) is 0.459. The van der Waals surface area contributed by atoms with Gasteiger partial charge in [0.05, 0.1) is 0 Å². The van der Waals surface area contributed by atoms with Crippen molar-refractivity contribution < 1.29 is 4.55 Å². The Morgan fingerprint density at radius 2 is 1.59 bits per heavy atom. The fourth-order valence-corrected chi connectivity index (χ4v) is 8.50. The average molecular weight is 407 g/mol. The van der Waals surface area contributed by atoms with Gasteiger partial charge in [0.15, 0.2) is 9.79 Å². The second-order valence-electron chi connectivity index (χ2n) is 11.0. The summed E-state index contributed by atoms with van der Waals surface area (Å²) in [7, 11) is 0. The molecule has 2 fully saturated rings. The summed E-state index contributed by atoms with van der Waals surface area (Å²) >= 11 is -1.08. The molecule has 2 aromatic rings. The Hall–Kier alpha value is -1.25. The van der Waals surface area contributed by atoms with E-state index in [1.807, 2.05) is 6.07 Å². The summed E-state index contributed by atoms with van der Waals surface area (Å²) in [5.74, 6) is 2.30. The van der Waals surface area contributed by atoms with E-state index in [1.165, 1.54) is 55.2 Å². The van der Waals surface area contributed by atoms with Crippen molar-refractivity contribution in [3.63, 3.8) is 0 Å². The van der Waals surface area contributed by atoms with E-state index in [-0.39, 0.29) is 5.41 Å². The van der Waals surface area contributed by atoms with Gasteiger partial charge in [0.1, 0.15) is 0 Å². The number of hydrogen-bond acceptors (Lipinski definition) is 1. The zero-order valence-corrected chi connectivity index (χ0v) is 19.1. The van der Waals surface area contributed by atoms with E-state index in [4.69, 9.17) is 0 Å². The van der Waals surface area contributed by atoms with Crippen molar-refractivity contribution in [2.24, 2.45) is 17.3 Å². The minimum Gasteiger partial charge on any atom is -0.606 e. The van der Waals surface area contributed by atoms with E-state index in [1.54, 1.807) is 0 Å². The molecular formula is C27H34OS. The SMILES string of the molecule is CC1(C)CC2CCCCC2C(c2ccc3c(c2)[S+]([O-])c2ccccc2C3(C)C)C1. The normalized spacial score (nSPS) is 32.0. The van der Waals surface area contributed by atoms with Crippen LogP contribution in [0.25, 0.3) is 0 Å². The molecule has 2 aliphatic carbocycles. The van der Waals surface area contributed by atoms with Gasteiger partial charge in [-0.2, -0.15) is 0 Å². The summed E-state index contributed by atoms with van der Waals surface area (Å²) in [4.78, 5) is 2.06. The molecule has 0 N–H and O–H groups in total. The van der Waals surface area contributed by atoms with E-state index < -0.39 is 11.2 Å². The van der Waals surface area contributed by atoms with Gasteiger partial charge in [0, 0.05) is 27.7 Å². The van der Waals surface area contributed by atoms with Crippen molar-refractivity contribution >= 4 is 11.2 Å². The van der Waals surface area contributed by atoms with Gasteiger partial charge < -0.3 is 4.55 Å². The molecular weight excluding hydrogens is 372 g/mol. The Bertz CT molecular complexity index is 928. The van der Waals surface area contributed by atoms with E-state index >= 15 is 0 Å². The Morgan fingerprint density at radius 3 is 2.41 bits per heavy atom. The molecule has 0 bridgehead atoms. The van der Waals surface area contributed by atoms with Crippen molar-refractivity contribution in [2.75, 3.05) is 0 Å². The van der Waals surface area contributed by atoms with Gasteiger partial charge in [-0.1, -0.05) is 77.3 Å². The van der Waals surface area contributed by atoms with Gasteiger partial charge in [-0.3, -0.25) is 0 Å². The second-order valence-corrected chi connectivity index (χ2v) is 12.4. The fourth-order valence-electron chi connectivity index (χ4n) is 6.77. The molecule has 4 unspecified atom stereocenters. The smallest absolute Gasteiger partial charge is 0.162 e. The molecule has 0 saturated heterocycles. The van der Waals surface area contributed by atoms with Crippen molar-refractivity contribution in [3.8, 4) is 0 Å². The van der Waals surface area contributed by atoms with Crippen molar-refractivity contribution in [3.05, 3.63) is 59.2 Å². The van der Waals surface area contributed by atoms with E-state index in [0.717, 1.165) is 21.6 Å². The second kappa shape index (κ2) is 6.89. The minimum atomic E-state index is -1.08. The third-order valence-electron chi connectivity index (χ3n) is 8.14. The highest BCUT2D eigenvalue weighted by atomic mass is 32.2. The average Bonchev–Trinajstić information content (AvgIpc) is 2.70. The molecule has 0 amide bonds. The first-order valence-corrected chi connectivity index (χ1v) is 12.6. The predicted octanol–water partition coefficient (Wildman–Crippen LogP) is 7.20. The van der Waals surface area contributed by atoms with Crippen LogP contribution in [-0.2, 0) is 16.6 Å². The van der Waals surface area contributed by atoms with Crippen LogP contribution in [-0.4, -0.2) is 4.55 Å². The Labute approximate surface area is 179 Å². The summed E-state index contributed by atoms with van der Waals surface area (Å²) in [5, 5.41) is 0. The number of hydrogen-bond donors (Lipinski definition) is 0. The molecule has 4 atom stereocenters. The first-order valence-electron chi connectivity index (χ1n) is 11.4. The predicted molar refractivity (Wildman–Crippen MR) is 121 cm³/mol. The molecule has 1 aliphatic heterocycles. The molecule has 2 heteroatoms. The maximum Gasteiger partial charge on any atom is 0.162 e. The lowest BCUT2D eigenvalue weighted by Crippen LogP contribution is -2.37. The topological polar surface area (TPSA) is 23.1 Å². The summed E-state index contributed by atoms with van der Waals surface area (Å²) in [5.41, 5.74) is 4.21. The lowest BCUT2D eigenvalue weighted by atomic mass is 9.56. The zero-order chi connectivity index (χ0) is 20.4. The van der Waals surface area contributed by atoms with Gasteiger partial charge in [0.2, 0.25) is 0 Å². The largest absolute Gasteiger partial charge is 0.606 e. The van der Waals surface area contributed by atoms with Crippen LogP contribution in [0.15, 0.2) is 52.3 Å². The standard InChI is InChI=1S/C27H34OS/c1-26(2)16-19-9-5-6-10-20(19)21(17-26)18-13-14-23-25(15-18)29(28)24-12-8-7-11-22(24)27(23,3)4/h7-8,11-15,19-21H,5-6,9-10,16-17H2,1-4H3. The number of fused-ring (bicyclic) bond motifs is 3. The van der Waals surface area contributed by atoms with Gasteiger partial charge in [0.25, 0.3) is 0 Å². The summed E-state index contributed by atoms with van der Waals surface area (Å²) in [6.45, 7) is 9.48. The molecule has 1 nitrogen and oxygen atoms in total. The molecule has 2 aromatic carbocycles. The molecule has 1 heterocycles. The van der Waals surface area contributed by atoms with Crippen LogP contribution in [0.4, 0.5) is 0 Å². The van der Waals surface area contributed by atoms with Gasteiger partial charge in [-0.15, -0.1) is 0 Å². The molecule has 29 heavy (non-hydrogen) atoms. The maximum atomic E-state index is 13.6. The highest BCUT2D eigenvalue weighted by Gasteiger charge is 2.45. The summed E-state index contributed by atoms with van der Waals surface area (Å²) in [6, 6.07) is 15.3. The third-order valence-corrected chi connectivity index (χ3v) is 9.63. The maximum absolute atomic E-state index is 13.6. The van der Waals surface area contributed by atoms with Crippen LogP contribution >= 0.6 is 0 Å². The van der Waals surface area contributed by atoms with Gasteiger partial charge in [-0.05, 0) is 60.1 Å². The first kappa shape index (κ1) is 19.7. The van der Waals surface area contributed by atoms with Crippen LogP contribution < -0.4 is 0 Å². The molecule has 2 saturated carbocycles. The summed E-state index contributed by atoms with van der Waals surface area (Å²) in [6.07, 6.45) is 8.21. The molecule has 0 aromatic heterocycles. The van der Waals surface area contributed by atoms with Crippen LogP contribution in [0.1, 0.15) is 88.8 Å². The van der Waals surface area contributed by atoms with Crippen molar-refractivity contribution in [1.82, 2.24) is 0 Å². The van der Waals surface area contributed by atoms with Crippen molar-refractivity contribution in [1.29, 1.82) is 0 Å². The van der Waals surface area contributed by atoms with Gasteiger partial charge in [-0.25, -0.2) is 0 Å². The van der Waals surface area contributed by atoms with E-state index in [9.17, 15) is 4.55 Å². The van der Waals surface area contributed by atoms with E-state index in [2.05, 4.69) is 64.1 Å². The highest BCUT2D eigenvalue weighted by Crippen LogP contribution is 2.55. The van der Waals surface area contributed by atoms with E-state index in [0.29, 0.717) is 11.3 Å². The van der Waals surface area contributed by atoms with Crippen LogP contribution in [0.5, 0.6) is 0 Å². The monoisotopic (exact) mass is 406 g/mol. The molecule has 0 radical (unpaired) electrons. The van der Waals surface area contributed by atoms with Crippen LogP contribution in [0.3, 0.4) is 0 Å². The zero-order valence-electron chi connectivity index (χ0n) is 18.3. The lowest BCUT2D eigenvalue weighted by Gasteiger charge is -2.48. The van der Waals surface area contributed by atoms with Crippen LogP contribution in [0.2, 0.25) is 0 Å². The lowest BCUT2D eigenvalue weighted by molar-refractivity contribution is 0.0607. The summed E-state index contributed by atoms with van der Waals surface area (Å²) < 4.78 is 13.6. The molecule has 5 rings (SSSR count).